The highest BCUT2D eigenvalue weighted by Gasteiger charge is 2.25. The van der Waals surface area contributed by atoms with Crippen LogP contribution in [0.3, 0.4) is 0 Å². The third kappa shape index (κ3) is 4.67. The van der Waals surface area contributed by atoms with Gasteiger partial charge in [-0.3, -0.25) is 9.59 Å². The van der Waals surface area contributed by atoms with E-state index in [4.69, 9.17) is 4.74 Å². The molecule has 2 amide bonds. The Labute approximate surface area is 160 Å². The van der Waals surface area contributed by atoms with Gasteiger partial charge in [-0.25, -0.2) is 0 Å². The predicted octanol–water partition coefficient (Wildman–Crippen LogP) is 3.63. The summed E-state index contributed by atoms with van der Waals surface area (Å²) < 4.78 is 5.20. The van der Waals surface area contributed by atoms with Crippen LogP contribution in [-0.4, -0.2) is 25.5 Å². The highest BCUT2D eigenvalue weighted by Crippen LogP contribution is 2.28. The molecule has 1 N–H and O–H groups in total. The molecule has 2 aromatic rings. The van der Waals surface area contributed by atoms with Gasteiger partial charge < -0.3 is 15.0 Å². The topological polar surface area (TPSA) is 58.6 Å². The molecule has 142 valence electrons. The quantitative estimate of drug-likeness (QED) is 0.879. The van der Waals surface area contributed by atoms with Gasteiger partial charge in [-0.2, -0.15) is 0 Å². The van der Waals surface area contributed by atoms with E-state index in [0.717, 1.165) is 36.3 Å². The smallest absolute Gasteiger partial charge is 0.229 e. The number of anilines is 1. The van der Waals surface area contributed by atoms with Crippen molar-refractivity contribution in [2.75, 3.05) is 18.6 Å². The Hall–Kier alpha value is -2.82. The van der Waals surface area contributed by atoms with Gasteiger partial charge in [0.15, 0.2) is 0 Å². The van der Waals surface area contributed by atoms with Crippen LogP contribution in [-0.2, 0) is 16.0 Å². The molecule has 0 saturated carbocycles. The van der Waals surface area contributed by atoms with Crippen LogP contribution < -0.4 is 15.0 Å². The van der Waals surface area contributed by atoms with E-state index in [1.807, 2.05) is 47.4 Å². The van der Waals surface area contributed by atoms with Gasteiger partial charge in [-0.15, -0.1) is 0 Å². The van der Waals surface area contributed by atoms with Gasteiger partial charge in [-0.1, -0.05) is 30.3 Å². The number of carbonyl (C=O) groups is 2. The average Bonchev–Trinajstić information content (AvgIpc) is 2.90. The first-order valence-corrected chi connectivity index (χ1v) is 9.38. The molecule has 0 radical (unpaired) electrons. The minimum absolute atomic E-state index is 0.0268. The van der Waals surface area contributed by atoms with E-state index in [2.05, 4.69) is 11.4 Å². The van der Waals surface area contributed by atoms with E-state index in [1.54, 1.807) is 7.11 Å². The fourth-order valence-corrected chi connectivity index (χ4v) is 3.57. The molecule has 1 unspecified atom stereocenters. The van der Waals surface area contributed by atoms with Crippen LogP contribution in [0.25, 0.3) is 0 Å². The van der Waals surface area contributed by atoms with Gasteiger partial charge in [0.2, 0.25) is 11.8 Å². The van der Waals surface area contributed by atoms with Crippen molar-refractivity contribution < 1.29 is 14.3 Å². The van der Waals surface area contributed by atoms with Gasteiger partial charge in [0, 0.05) is 19.2 Å². The summed E-state index contributed by atoms with van der Waals surface area (Å²) in [5.41, 5.74) is 3.10. The number of fused-ring (bicyclic) bond motifs is 1. The summed E-state index contributed by atoms with van der Waals surface area (Å²) >= 11 is 0. The van der Waals surface area contributed by atoms with E-state index in [-0.39, 0.29) is 24.3 Å². The molecular weight excluding hydrogens is 340 g/mol. The molecule has 0 saturated heterocycles. The number of hydrogen-bond acceptors (Lipinski definition) is 3. The fourth-order valence-electron chi connectivity index (χ4n) is 3.57. The van der Waals surface area contributed by atoms with E-state index in [1.165, 1.54) is 12.5 Å². The van der Waals surface area contributed by atoms with Crippen LogP contribution in [0, 0.1) is 0 Å². The molecule has 0 spiro atoms. The minimum atomic E-state index is -0.365. The zero-order valence-corrected chi connectivity index (χ0v) is 15.9. The Morgan fingerprint density at radius 1 is 1.11 bits per heavy atom. The standard InChI is InChI=1S/C22H26N2O3/c1-16(25)23-20(17-10-12-19(27-2)13-11-17)15-22(26)24-14-6-5-8-18-7-3-4-9-21(18)24/h3-4,7,9-13,20H,5-6,8,14-15H2,1-2H3,(H,23,25). The molecule has 0 aromatic heterocycles. The molecule has 27 heavy (non-hydrogen) atoms. The highest BCUT2D eigenvalue weighted by molar-refractivity contribution is 5.95. The number of rotatable bonds is 5. The first kappa shape index (κ1) is 19.0. The number of nitrogens with zero attached hydrogens (tertiary/aromatic N) is 1. The molecular formula is C22H26N2O3. The van der Waals surface area contributed by atoms with Crippen LogP contribution in [0.15, 0.2) is 48.5 Å². The Bertz CT molecular complexity index is 801. The normalized spacial score (nSPS) is 14.7. The van der Waals surface area contributed by atoms with Crippen molar-refractivity contribution >= 4 is 17.5 Å². The van der Waals surface area contributed by atoms with Gasteiger partial charge in [0.25, 0.3) is 0 Å². The second-order valence-corrected chi connectivity index (χ2v) is 6.86. The minimum Gasteiger partial charge on any atom is -0.497 e. The van der Waals surface area contributed by atoms with Crippen molar-refractivity contribution in [3.63, 3.8) is 0 Å². The number of amides is 2. The molecule has 1 aliphatic heterocycles. The molecule has 2 aromatic carbocycles. The summed E-state index contributed by atoms with van der Waals surface area (Å²) in [7, 11) is 1.61. The zero-order valence-electron chi connectivity index (χ0n) is 15.9. The lowest BCUT2D eigenvalue weighted by Gasteiger charge is -2.26. The van der Waals surface area contributed by atoms with Crippen molar-refractivity contribution in [1.29, 1.82) is 0 Å². The van der Waals surface area contributed by atoms with Crippen molar-refractivity contribution in [3.05, 3.63) is 59.7 Å². The summed E-state index contributed by atoms with van der Waals surface area (Å²) in [6.07, 6.45) is 3.27. The number of nitrogens with one attached hydrogen (secondary N) is 1. The first-order valence-electron chi connectivity index (χ1n) is 9.38. The molecule has 5 heteroatoms. The van der Waals surface area contributed by atoms with Crippen molar-refractivity contribution in [2.45, 2.75) is 38.6 Å². The number of methoxy groups -OCH3 is 1. The third-order valence-corrected chi connectivity index (χ3v) is 4.94. The molecule has 0 aliphatic carbocycles. The molecule has 0 bridgehead atoms. The molecule has 1 atom stereocenters. The van der Waals surface area contributed by atoms with Crippen LogP contribution in [0.4, 0.5) is 5.69 Å². The number of ether oxygens (including phenoxy) is 1. The summed E-state index contributed by atoms with van der Waals surface area (Å²) in [5.74, 6) is 0.617. The van der Waals surface area contributed by atoms with E-state index < -0.39 is 0 Å². The third-order valence-electron chi connectivity index (χ3n) is 4.94. The largest absolute Gasteiger partial charge is 0.497 e. The van der Waals surface area contributed by atoms with Crippen molar-refractivity contribution in [2.24, 2.45) is 0 Å². The number of benzene rings is 2. The van der Waals surface area contributed by atoms with Gasteiger partial charge in [0.1, 0.15) is 5.75 Å². The number of carbonyl (C=O) groups excluding carboxylic acids is 2. The lowest BCUT2D eigenvalue weighted by atomic mass is 10.0. The first-order chi connectivity index (χ1) is 13.1. The van der Waals surface area contributed by atoms with Gasteiger partial charge >= 0.3 is 0 Å². The SMILES string of the molecule is COc1ccc(C(CC(=O)N2CCCCc3ccccc32)NC(C)=O)cc1. The maximum absolute atomic E-state index is 13.2. The lowest BCUT2D eigenvalue weighted by Crippen LogP contribution is -2.36. The van der Waals surface area contributed by atoms with Crippen LogP contribution in [0.1, 0.15) is 43.4 Å². The van der Waals surface area contributed by atoms with E-state index in [9.17, 15) is 9.59 Å². The molecule has 3 rings (SSSR count). The molecule has 5 nitrogen and oxygen atoms in total. The summed E-state index contributed by atoms with van der Waals surface area (Å²) in [6, 6.07) is 15.2. The van der Waals surface area contributed by atoms with Gasteiger partial charge in [-0.05, 0) is 48.6 Å². The maximum Gasteiger partial charge on any atom is 0.229 e. The fraction of sp³-hybridized carbons (Fsp3) is 0.364. The molecule has 1 aliphatic rings. The second kappa shape index (κ2) is 8.71. The second-order valence-electron chi connectivity index (χ2n) is 6.86. The Balaban J connectivity index is 1.82. The summed E-state index contributed by atoms with van der Waals surface area (Å²) in [6.45, 7) is 2.19. The van der Waals surface area contributed by atoms with Crippen LogP contribution in [0.2, 0.25) is 0 Å². The number of hydrogen-bond donors (Lipinski definition) is 1. The average molecular weight is 366 g/mol. The Kier molecular flexibility index (Phi) is 6.12. The summed E-state index contributed by atoms with van der Waals surface area (Å²) in [5, 5.41) is 2.92. The predicted molar refractivity (Wildman–Crippen MR) is 106 cm³/mol. The lowest BCUT2D eigenvalue weighted by molar-refractivity contribution is -0.121. The highest BCUT2D eigenvalue weighted by atomic mass is 16.5. The Morgan fingerprint density at radius 2 is 1.85 bits per heavy atom. The van der Waals surface area contributed by atoms with E-state index >= 15 is 0 Å². The number of para-hydroxylation sites is 1. The van der Waals surface area contributed by atoms with Gasteiger partial charge in [0.05, 0.1) is 19.6 Å². The number of aryl methyl sites for hydroxylation is 1. The molecule has 0 fully saturated rings. The summed E-state index contributed by atoms with van der Waals surface area (Å²) in [4.78, 5) is 26.7. The maximum atomic E-state index is 13.2. The zero-order chi connectivity index (χ0) is 19.2. The van der Waals surface area contributed by atoms with E-state index in [0.29, 0.717) is 6.54 Å². The van der Waals surface area contributed by atoms with Crippen molar-refractivity contribution in [3.8, 4) is 5.75 Å². The Morgan fingerprint density at radius 3 is 2.56 bits per heavy atom. The molecule has 1 heterocycles. The van der Waals surface area contributed by atoms with Crippen LogP contribution in [0.5, 0.6) is 5.75 Å². The van der Waals surface area contributed by atoms with Crippen molar-refractivity contribution in [1.82, 2.24) is 5.32 Å². The van der Waals surface area contributed by atoms with Crippen LogP contribution >= 0.6 is 0 Å². The monoisotopic (exact) mass is 366 g/mol.